The zero-order valence-electron chi connectivity index (χ0n) is 15.2. The minimum Gasteiger partial charge on any atom is -0.493 e. The molecular formula is C19H19N3O5. The van der Waals surface area contributed by atoms with Crippen molar-refractivity contribution < 1.29 is 19.2 Å². The van der Waals surface area contributed by atoms with Crippen molar-refractivity contribution in [2.24, 2.45) is 5.10 Å². The summed E-state index contributed by atoms with van der Waals surface area (Å²) in [6.07, 6.45) is 0.493. The highest BCUT2D eigenvalue weighted by molar-refractivity contribution is 6.03. The van der Waals surface area contributed by atoms with Gasteiger partial charge in [0.05, 0.1) is 30.9 Å². The van der Waals surface area contributed by atoms with Gasteiger partial charge in [-0.3, -0.25) is 14.9 Å². The number of ether oxygens (including phenoxy) is 2. The molecule has 8 heteroatoms. The first-order chi connectivity index (χ1) is 12.9. The second-order valence-electron chi connectivity index (χ2n) is 6.05. The molecule has 0 fully saturated rings. The molecule has 140 valence electrons. The summed E-state index contributed by atoms with van der Waals surface area (Å²) >= 11 is 0. The van der Waals surface area contributed by atoms with Crippen LogP contribution in [0, 0.1) is 10.1 Å². The van der Waals surface area contributed by atoms with Gasteiger partial charge >= 0.3 is 0 Å². The summed E-state index contributed by atoms with van der Waals surface area (Å²) in [5, 5.41) is 16.7. The molecule has 0 aliphatic carbocycles. The molecule has 0 saturated heterocycles. The molecule has 27 heavy (non-hydrogen) atoms. The van der Waals surface area contributed by atoms with Gasteiger partial charge in [-0.1, -0.05) is 12.1 Å². The van der Waals surface area contributed by atoms with Crippen LogP contribution in [0.3, 0.4) is 0 Å². The van der Waals surface area contributed by atoms with Crippen LogP contribution in [0.4, 0.5) is 5.69 Å². The summed E-state index contributed by atoms with van der Waals surface area (Å²) < 4.78 is 10.6. The SMILES string of the molecule is COc1ccc(C2=NN(C(C)=O)C(c3ccc([N+](=O)[O-])cc3)C2)cc1OC. The Balaban J connectivity index is 1.92. The van der Waals surface area contributed by atoms with Crippen LogP contribution in [0.25, 0.3) is 0 Å². The van der Waals surface area contributed by atoms with Crippen LogP contribution in [0.1, 0.15) is 30.5 Å². The molecule has 1 aliphatic rings. The molecule has 0 saturated carbocycles. The summed E-state index contributed by atoms with van der Waals surface area (Å²) in [5.74, 6) is 0.981. The molecule has 8 nitrogen and oxygen atoms in total. The maximum absolute atomic E-state index is 12.1. The van der Waals surface area contributed by atoms with Crippen molar-refractivity contribution in [1.29, 1.82) is 0 Å². The van der Waals surface area contributed by atoms with Gasteiger partial charge in [-0.25, -0.2) is 5.01 Å². The van der Waals surface area contributed by atoms with E-state index in [1.165, 1.54) is 24.1 Å². The second kappa shape index (κ2) is 7.45. The lowest BCUT2D eigenvalue weighted by molar-refractivity contribution is -0.384. The highest BCUT2D eigenvalue weighted by Crippen LogP contribution is 2.35. The number of amides is 1. The molecule has 0 aromatic heterocycles. The van der Waals surface area contributed by atoms with E-state index in [1.807, 2.05) is 12.1 Å². The van der Waals surface area contributed by atoms with Gasteiger partial charge < -0.3 is 9.47 Å². The highest BCUT2D eigenvalue weighted by atomic mass is 16.6. The minimum absolute atomic E-state index is 0.00662. The molecule has 2 aromatic rings. The van der Waals surface area contributed by atoms with Crippen molar-refractivity contribution in [3.8, 4) is 11.5 Å². The smallest absolute Gasteiger partial charge is 0.269 e. The van der Waals surface area contributed by atoms with Crippen LogP contribution in [-0.2, 0) is 4.79 Å². The first kappa shape index (κ1) is 18.4. The Morgan fingerprint density at radius 2 is 1.81 bits per heavy atom. The zero-order valence-corrected chi connectivity index (χ0v) is 15.2. The molecule has 1 heterocycles. The number of carbonyl (C=O) groups excluding carboxylic acids is 1. The Kier molecular flexibility index (Phi) is 5.07. The van der Waals surface area contributed by atoms with Crippen molar-refractivity contribution >= 4 is 17.3 Å². The second-order valence-corrected chi connectivity index (χ2v) is 6.05. The van der Waals surface area contributed by atoms with Gasteiger partial charge in [-0.2, -0.15) is 5.10 Å². The van der Waals surface area contributed by atoms with Gasteiger partial charge in [0, 0.05) is 31.0 Å². The van der Waals surface area contributed by atoms with E-state index in [9.17, 15) is 14.9 Å². The molecule has 0 bridgehead atoms. The fourth-order valence-electron chi connectivity index (χ4n) is 3.07. The monoisotopic (exact) mass is 369 g/mol. The number of hydrogen-bond acceptors (Lipinski definition) is 6. The van der Waals surface area contributed by atoms with Gasteiger partial charge in [-0.15, -0.1) is 0 Å². The van der Waals surface area contributed by atoms with E-state index in [4.69, 9.17) is 9.47 Å². The largest absolute Gasteiger partial charge is 0.493 e. The number of methoxy groups -OCH3 is 2. The maximum Gasteiger partial charge on any atom is 0.269 e. The van der Waals surface area contributed by atoms with E-state index >= 15 is 0 Å². The summed E-state index contributed by atoms with van der Waals surface area (Å²) in [6, 6.07) is 11.3. The average molecular weight is 369 g/mol. The first-order valence-corrected chi connectivity index (χ1v) is 8.28. The lowest BCUT2D eigenvalue weighted by atomic mass is 9.98. The van der Waals surface area contributed by atoms with Gasteiger partial charge in [-0.05, 0) is 23.8 Å². The number of carbonyl (C=O) groups is 1. The Labute approximate surface area is 156 Å². The maximum atomic E-state index is 12.1. The number of hydrogen-bond donors (Lipinski definition) is 0. The van der Waals surface area contributed by atoms with Crippen LogP contribution in [0.2, 0.25) is 0 Å². The first-order valence-electron chi connectivity index (χ1n) is 8.28. The summed E-state index contributed by atoms with van der Waals surface area (Å²) in [7, 11) is 3.12. The van der Waals surface area contributed by atoms with Gasteiger partial charge in [0.2, 0.25) is 5.91 Å². The van der Waals surface area contributed by atoms with E-state index in [0.717, 1.165) is 16.8 Å². The third-order valence-electron chi connectivity index (χ3n) is 4.44. The normalized spacial score (nSPS) is 16.0. The summed E-state index contributed by atoms with van der Waals surface area (Å²) in [5.41, 5.74) is 2.35. The minimum atomic E-state index is -0.452. The lowest BCUT2D eigenvalue weighted by Crippen LogP contribution is -2.24. The lowest BCUT2D eigenvalue weighted by Gasteiger charge is -2.20. The molecule has 1 aliphatic heterocycles. The van der Waals surface area contributed by atoms with Crippen molar-refractivity contribution in [1.82, 2.24) is 5.01 Å². The van der Waals surface area contributed by atoms with Crippen molar-refractivity contribution in [3.63, 3.8) is 0 Å². The van der Waals surface area contributed by atoms with Gasteiger partial charge in [0.15, 0.2) is 11.5 Å². The molecule has 1 amide bonds. The molecule has 2 aromatic carbocycles. The number of nitrogens with zero attached hydrogens (tertiary/aromatic N) is 3. The third kappa shape index (κ3) is 3.59. The van der Waals surface area contributed by atoms with Crippen molar-refractivity contribution in [2.75, 3.05) is 14.2 Å². The third-order valence-corrected chi connectivity index (χ3v) is 4.44. The van der Waals surface area contributed by atoms with Crippen LogP contribution in [0.5, 0.6) is 11.5 Å². The predicted octanol–water partition coefficient (Wildman–Crippen LogP) is 3.31. The number of benzene rings is 2. The Morgan fingerprint density at radius 1 is 1.15 bits per heavy atom. The molecule has 3 rings (SSSR count). The van der Waals surface area contributed by atoms with Gasteiger partial charge in [0.1, 0.15) is 0 Å². The van der Waals surface area contributed by atoms with E-state index in [1.54, 1.807) is 32.4 Å². The standard InChI is InChI=1S/C19H19N3O5/c1-12(23)21-17(13-4-7-15(8-5-13)22(24)25)11-16(20-21)14-6-9-18(26-2)19(10-14)27-3/h4-10,17H,11H2,1-3H3. The molecule has 0 spiro atoms. The number of nitro benzene ring substituents is 1. The number of non-ortho nitro benzene ring substituents is 1. The molecule has 1 atom stereocenters. The van der Waals surface area contributed by atoms with Crippen LogP contribution in [-0.4, -0.2) is 35.8 Å². The van der Waals surface area contributed by atoms with E-state index in [2.05, 4.69) is 5.10 Å². The fourth-order valence-corrected chi connectivity index (χ4v) is 3.07. The molecular weight excluding hydrogens is 350 g/mol. The van der Waals surface area contributed by atoms with Crippen molar-refractivity contribution in [2.45, 2.75) is 19.4 Å². The summed E-state index contributed by atoms with van der Waals surface area (Å²) in [6.45, 7) is 1.44. The van der Waals surface area contributed by atoms with E-state index in [-0.39, 0.29) is 17.6 Å². The van der Waals surface area contributed by atoms with Crippen molar-refractivity contribution in [3.05, 3.63) is 63.7 Å². The molecule has 0 radical (unpaired) electrons. The molecule has 0 N–H and O–H groups in total. The van der Waals surface area contributed by atoms with Crippen LogP contribution in [0.15, 0.2) is 47.6 Å². The highest BCUT2D eigenvalue weighted by Gasteiger charge is 2.32. The predicted molar refractivity (Wildman–Crippen MR) is 99.1 cm³/mol. The number of hydrazone groups is 1. The topological polar surface area (TPSA) is 94.3 Å². The Hall–Kier alpha value is -3.42. The zero-order chi connectivity index (χ0) is 19.6. The molecule has 1 unspecified atom stereocenters. The number of rotatable bonds is 5. The van der Waals surface area contributed by atoms with Gasteiger partial charge in [0.25, 0.3) is 5.69 Å². The fraction of sp³-hybridized carbons (Fsp3) is 0.263. The number of nitro groups is 1. The average Bonchev–Trinajstić information content (AvgIpc) is 3.13. The summed E-state index contributed by atoms with van der Waals surface area (Å²) in [4.78, 5) is 22.5. The van der Waals surface area contributed by atoms with Crippen LogP contribution < -0.4 is 9.47 Å². The Morgan fingerprint density at radius 3 is 2.37 bits per heavy atom. The quantitative estimate of drug-likeness (QED) is 0.595. The van der Waals surface area contributed by atoms with E-state index < -0.39 is 4.92 Å². The Bertz CT molecular complexity index is 908. The van der Waals surface area contributed by atoms with Crippen LogP contribution >= 0.6 is 0 Å². The van der Waals surface area contributed by atoms with E-state index in [0.29, 0.717) is 17.9 Å².